The number of carbonyl (C=O) groups excluding carboxylic acids is 1. The van der Waals surface area contributed by atoms with Crippen molar-refractivity contribution < 1.29 is 9.53 Å². The van der Waals surface area contributed by atoms with E-state index in [0.29, 0.717) is 14.8 Å². The van der Waals surface area contributed by atoms with Crippen LogP contribution in [0, 0.1) is 0 Å². The number of anilines is 1. The number of hydrogen-bond donors (Lipinski definition) is 3. The molecule has 0 saturated heterocycles. The van der Waals surface area contributed by atoms with Gasteiger partial charge in [0, 0.05) is 0 Å². The molecule has 2 heterocycles. The second kappa shape index (κ2) is 5.70. The van der Waals surface area contributed by atoms with Crippen molar-refractivity contribution in [1.29, 1.82) is 0 Å². The Labute approximate surface area is 124 Å². The molecule has 0 unspecified atom stereocenters. The lowest BCUT2D eigenvalue weighted by atomic mass is 10.3. The third kappa shape index (κ3) is 3.13. The number of nitrogens with zero attached hydrogens (tertiary/aromatic N) is 3. The number of halogens is 2. The summed E-state index contributed by atoms with van der Waals surface area (Å²) in [5.41, 5.74) is 0.261. The molecular formula is C9H10Br2N6O2. The third-order valence-electron chi connectivity index (χ3n) is 2.01. The molecule has 8 nitrogen and oxygen atoms in total. The molecular weight excluding hydrogens is 384 g/mol. The summed E-state index contributed by atoms with van der Waals surface area (Å²) in [4.78, 5) is 15.0. The third-order valence-corrected chi connectivity index (χ3v) is 3.89. The topological polar surface area (TPSA) is 109 Å². The van der Waals surface area contributed by atoms with Crippen molar-refractivity contribution >= 4 is 43.7 Å². The highest BCUT2D eigenvalue weighted by atomic mass is 79.9. The van der Waals surface area contributed by atoms with Crippen molar-refractivity contribution in [3.63, 3.8) is 0 Å². The first-order valence-electron chi connectivity index (χ1n) is 5.27. The van der Waals surface area contributed by atoms with Gasteiger partial charge in [-0.3, -0.25) is 10.1 Å². The SMILES string of the molecule is CC(C)Oc1c(C(=O)Nc2nn[nH]n2)[nH]c(Br)c1Br. The van der Waals surface area contributed by atoms with Gasteiger partial charge in [-0.1, -0.05) is 5.10 Å². The van der Waals surface area contributed by atoms with E-state index >= 15 is 0 Å². The zero-order chi connectivity index (χ0) is 14.0. The Balaban J connectivity index is 2.28. The van der Waals surface area contributed by atoms with Gasteiger partial charge in [-0.05, 0) is 50.9 Å². The van der Waals surface area contributed by atoms with Crippen LogP contribution in [-0.4, -0.2) is 37.6 Å². The Hall–Kier alpha value is -1.42. The molecule has 0 aliphatic heterocycles. The first-order valence-corrected chi connectivity index (χ1v) is 6.86. The van der Waals surface area contributed by atoms with E-state index in [4.69, 9.17) is 4.74 Å². The van der Waals surface area contributed by atoms with Crippen molar-refractivity contribution in [2.75, 3.05) is 5.32 Å². The van der Waals surface area contributed by atoms with Gasteiger partial charge in [-0.2, -0.15) is 5.21 Å². The minimum Gasteiger partial charge on any atom is -0.487 e. The van der Waals surface area contributed by atoms with Crippen LogP contribution in [-0.2, 0) is 0 Å². The van der Waals surface area contributed by atoms with Crippen molar-refractivity contribution in [2.24, 2.45) is 0 Å². The van der Waals surface area contributed by atoms with E-state index in [9.17, 15) is 4.79 Å². The van der Waals surface area contributed by atoms with Crippen LogP contribution in [0.4, 0.5) is 5.95 Å². The fourth-order valence-electron chi connectivity index (χ4n) is 1.32. The van der Waals surface area contributed by atoms with E-state index < -0.39 is 5.91 Å². The Morgan fingerprint density at radius 3 is 2.74 bits per heavy atom. The van der Waals surface area contributed by atoms with Gasteiger partial charge in [0.1, 0.15) is 10.3 Å². The zero-order valence-corrected chi connectivity index (χ0v) is 13.2. The largest absolute Gasteiger partial charge is 0.487 e. The van der Waals surface area contributed by atoms with E-state index in [2.05, 4.69) is 62.8 Å². The fourth-order valence-corrected chi connectivity index (χ4v) is 2.08. The minimum absolute atomic E-state index is 0.0734. The Morgan fingerprint density at radius 2 is 2.16 bits per heavy atom. The number of nitrogens with one attached hydrogen (secondary N) is 3. The van der Waals surface area contributed by atoms with Crippen molar-refractivity contribution in [3.8, 4) is 5.75 Å². The van der Waals surface area contributed by atoms with Gasteiger partial charge in [0.25, 0.3) is 11.9 Å². The lowest BCUT2D eigenvalue weighted by molar-refractivity contribution is 0.101. The lowest BCUT2D eigenvalue weighted by Crippen LogP contribution is -2.16. The van der Waals surface area contributed by atoms with Crippen LogP contribution in [0.5, 0.6) is 5.75 Å². The number of ether oxygens (including phenoxy) is 1. The number of aromatic nitrogens is 5. The van der Waals surface area contributed by atoms with Crippen molar-refractivity contribution in [1.82, 2.24) is 25.6 Å². The molecule has 2 aromatic heterocycles. The highest BCUT2D eigenvalue weighted by Crippen LogP contribution is 2.36. The van der Waals surface area contributed by atoms with Crippen LogP contribution in [0.15, 0.2) is 9.08 Å². The number of carbonyl (C=O) groups is 1. The summed E-state index contributed by atoms with van der Waals surface area (Å²) in [7, 11) is 0. The molecule has 0 radical (unpaired) electrons. The van der Waals surface area contributed by atoms with Gasteiger partial charge in [0.05, 0.1) is 10.6 Å². The quantitative estimate of drug-likeness (QED) is 0.736. The van der Waals surface area contributed by atoms with Crippen LogP contribution >= 0.6 is 31.9 Å². The average molecular weight is 394 g/mol. The molecule has 0 aliphatic carbocycles. The molecule has 2 rings (SSSR count). The number of aromatic amines is 2. The molecule has 0 bridgehead atoms. The normalized spacial score (nSPS) is 10.8. The number of H-pyrrole nitrogens is 2. The molecule has 102 valence electrons. The minimum atomic E-state index is -0.427. The monoisotopic (exact) mass is 392 g/mol. The maximum atomic E-state index is 12.1. The maximum Gasteiger partial charge on any atom is 0.278 e. The van der Waals surface area contributed by atoms with Gasteiger partial charge in [0.15, 0.2) is 5.75 Å². The predicted octanol–water partition coefficient (Wildman–Crippen LogP) is 2.09. The molecule has 3 N–H and O–H groups in total. The van der Waals surface area contributed by atoms with Gasteiger partial charge in [-0.15, -0.1) is 5.10 Å². The second-order valence-electron chi connectivity index (χ2n) is 3.81. The highest BCUT2D eigenvalue weighted by Gasteiger charge is 2.23. The molecule has 0 aliphatic rings. The van der Waals surface area contributed by atoms with E-state index in [1.807, 2.05) is 13.8 Å². The lowest BCUT2D eigenvalue weighted by Gasteiger charge is -2.10. The molecule has 1 amide bonds. The summed E-state index contributed by atoms with van der Waals surface area (Å²) < 4.78 is 6.85. The summed E-state index contributed by atoms with van der Waals surface area (Å²) in [5.74, 6) is 0.0775. The van der Waals surface area contributed by atoms with Crippen molar-refractivity contribution in [2.45, 2.75) is 20.0 Å². The molecule has 0 atom stereocenters. The molecule has 0 spiro atoms. The van der Waals surface area contributed by atoms with Crippen LogP contribution in [0.1, 0.15) is 24.3 Å². The van der Waals surface area contributed by atoms with Crippen LogP contribution in [0.25, 0.3) is 0 Å². The van der Waals surface area contributed by atoms with Crippen molar-refractivity contribution in [3.05, 3.63) is 14.8 Å². The van der Waals surface area contributed by atoms with Crippen LogP contribution < -0.4 is 10.1 Å². The van der Waals surface area contributed by atoms with Crippen LogP contribution in [0.3, 0.4) is 0 Å². The summed E-state index contributed by atoms with van der Waals surface area (Å²) in [6, 6.07) is 0. The smallest absolute Gasteiger partial charge is 0.278 e. The van der Waals surface area contributed by atoms with Gasteiger partial charge < -0.3 is 9.72 Å². The summed E-state index contributed by atoms with van der Waals surface area (Å²) >= 11 is 6.63. The summed E-state index contributed by atoms with van der Waals surface area (Å²) in [6.07, 6.45) is -0.0734. The van der Waals surface area contributed by atoms with Gasteiger partial charge in [-0.25, -0.2) is 0 Å². The molecule has 0 aromatic carbocycles. The summed E-state index contributed by atoms with van der Waals surface area (Å²) in [6.45, 7) is 3.74. The Morgan fingerprint density at radius 1 is 1.42 bits per heavy atom. The Kier molecular flexibility index (Phi) is 4.20. The van der Waals surface area contributed by atoms with Gasteiger partial charge >= 0.3 is 0 Å². The molecule has 0 saturated carbocycles. The number of rotatable bonds is 4. The number of amides is 1. The molecule has 0 fully saturated rings. The summed E-state index contributed by atoms with van der Waals surface area (Å²) in [5, 5.41) is 15.4. The Bertz CT molecular complexity index is 580. The van der Waals surface area contributed by atoms with E-state index in [-0.39, 0.29) is 17.7 Å². The highest BCUT2D eigenvalue weighted by molar-refractivity contribution is 9.13. The molecule has 2 aromatic rings. The number of tetrazole rings is 1. The average Bonchev–Trinajstić information content (AvgIpc) is 2.92. The predicted molar refractivity (Wildman–Crippen MR) is 74.1 cm³/mol. The maximum absolute atomic E-state index is 12.1. The number of hydrogen-bond acceptors (Lipinski definition) is 5. The second-order valence-corrected chi connectivity index (χ2v) is 5.40. The van der Waals surface area contributed by atoms with Gasteiger partial charge in [0.2, 0.25) is 0 Å². The zero-order valence-electron chi connectivity index (χ0n) is 9.99. The first-order chi connectivity index (χ1) is 8.99. The van der Waals surface area contributed by atoms with E-state index in [1.54, 1.807) is 0 Å². The standard InChI is InChI=1S/C9H10Br2N6O2/c1-3(2)19-6-4(10)7(11)12-5(6)8(18)13-9-14-16-17-15-9/h3,12H,1-2H3,(H2,13,14,15,16,17,18). The first kappa shape index (κ1) is 14.0. The molecule has 10 heteroatoms. The molecule has 19 heavy (non-hydrogen) atoms. The van der Waals surface area contributed by atoms with E-state index in [1.165, 1.54) is 0 Å². The van der Waals surface area contributed by atoms with Crippen LogP contribution in [0.2, 0.25) is 0 Å². The van der Waals surface area contributed by atoms with E-state index in [0.717, 1.165) is 0 Å². The fraction of sp³-hybridized carbons (Fsp3) is 0.333.